The number of nitrogens with one attached hydrogen (secondary N) is 1. The van der Waals surface area contributed by atoms with E-state index >= 15 is 0 Å². The molecule has 78 valence electrons. The SMILES string of the molecule is NC1=CCCC([NH+]([O-])C2CCCC2)=C1. The standard InChI is InChI=1S/C11H18N2O/c12-9-4-3-7-11(8-9)13(14)10-5-1-2-6-10/h4,8,10,13H,1-3,5-7,12H2. The van der Waals surface area contributed by atoms with Gasteiger partial charge in [0.2, 0.25) is 0 Å². The molecule has 0 aromatic carbocycles. The summed E-state index contributed by atoms with van der Waals surface area (Å²) in [5.41, 5.74) is 7.41. The molecule has 2 aliphatic rings. The van der Waals surface area contributed by atoms with E-state index in [1.807, 2.05) is 12.2 Å². The highest BCUT2D eigenvalue weighted by Crippen LogP contribution is 2.17. The lowest BCUT2D eigenvalue weighted by Crippen LogP contribution is -3.09. The Morgan fingerprint density at radius 3 is 2.71 bits per heavy atom. The molecule has 2 aliphatic carbocycles. The lowest BCUT2D eigenvalue weighted by Gasteiger charge is -2.31. The van der Waals surface area contributed by atoms with Crippen LogP contribution in [0.15, 0.2) is 23.5 Å². The van der Waals surface area contributed by atoms with Crippen molar-refractivity contribution in [2.45, 2.75) is 44.6 Å². The van der Waals surface area contributed by atoms with Crippen molar-refractivity contribution >= 4 is 0 Å². The molecule has 1 unspecified atom stereocenters. The normalized spacial score (nSPS) is 25.8. The van der Waals surface area contributed by atoms with Crippen LogP contribution in [-0.4, -0.2) is 6.04 Å². The van der Waals surface area contributed by atoms with E-state index in [1.165, 1.54) is 12.8 Å². The number of nitrogens with two attached hydrogens (primary N) is 1. The van der Waals surface area contributed by atoms with Crippen LogP contribution in [0.2, 0.25) is 0 Å². The van der Waals surface area contributed by atoms with Gasteiger partial charge in [0.25, 0.3) is 0 Å². The van der Waals surface area contributed by atoms with Crippen LogP contribution in [0, 0.1) is 5.21 Å². The van der Waals surface area contributed by atoms with Crippen molar-refractivity contribution in [3.8, 4) is 0 Å². The zero-order valence-electron chi connectivity index (χ0n) is 8.46. The minimum Gasteiger partial charge on any atom is -0.629 e. The van der Waals surface area contributed by atoms with E-state index in [1.54, 1.807) is 0 Å². The first kappa shape index (κ1) is 9.74. The minimum atomic E-state index is 0.298. The fourth-order valence-corrected chi connectivity index (χ4v) is 2.37. The molecule has 0 radical (unpaired) electrons. The molecular formula is C11H18N2O. The van der Waals surface area contributed by atoms with Gasteiger partial charge in [-0.15, -0.1) is 0 Å². The fraction of sp³-hybridized carbons (Fsp3) is 0.636. The van der Waals surface area contributed by atoms with Gasteiger partial charge < -0.3 is 16.0 Å². The number of rotatable bonds is 2. The zero-order chi connectivity index (χ0) is 9.97. The third kappa shape index (κ3) is 1.99. The molecule has 0 bridgehead atoms. The van der Waals surface area contributed by atoms with Gasteiger partial charge >= 0.3 is 0 Å². The minimum absolute atomic E-state index is 0.298. The summed E-state index contributed by atoms with van der Waals surface area (Å²) in [7, 11) is 0. The average Bonchev–Trinajstić information content (AvgIpc) is 2.69. The average molecular weight is 194 g/mol. The first-order valence-corrected chi connectivity index (χ1v) is 5.48. The van der Waals surface area contributed by atoms with Gasteiger partial charge in [-0.2, -0.15) is 0 Å². The number of hydroxylamine groups is 2. The molecule has 0 saturated heterocycles. The van der Waals surface area contributed by atoms with Gasteiger partial charge in [0, 0.05) is 31.0 Å². The topological polar surface area (TPSA) is 53.5 Å². The lowest BCUT2D eigenvalue weighted by atomic mass is 10.1. The molecule has 14 heavy (non-hydrogen) atoms. The zero-order valence-corrected chi connectivity index (χ0v) is 8.46. The Bertz CT molecular complexity index is 264. The molecule has 0 aromatic rings. The molecule has 0 heterocycles. The molecule has 1 atom stereocenters. The lowest BCUT2D eigenvalue weighted by molar-refractivity contribution is -0.836. The predicted molar refractivity (Wildman–Crippen MR) is 56.2 cm³/mol. The van der Waals surface area contributed by atoms with Crippen molar-refractivity contribution < 1.29 is 5.06 Å². The summed E-state index contributed by atoms with van der Waals surface area (Å²) in [5, 5.41) is 12.4. The highest BCUT2D eigenvalue weighted by molar-refractivity contribution is 5.21. The summed E-state index contributed by atoms with van der Waals surface area (Å²) >= 11 is 0. The summed E-state index contributed by atoms with van der Waals surface area (Å²) < 4.78 is 0. The second-order valence-corrected chi connectivity index (χ2v) is 4.26. The van der Waals surface area contributed by atoms with Crippen LogP contribution in [-0.2, 0) is 0 Å². The van der Waals surface area contributed by atoms with Crippen LogP contribution < -0.4 is 10.8 Å². The van der Waals surface area contributed by atoms with Crippen molar-refractivity contribution in [2.75, 3.05) is 0 Å². The first-order valence-electron chi connectivity index (χ1n) is 5.48. The molecule has 3 heteroatoms. The van der Waals surface area contributed by atoms with Crippen LogP contribution in [0.5, 0.6) is 0 Å². The van der Waals surface area contributed by atoms with Gasteiger partial charge in [-0.25, -0.2) is 0 Å². The molecule has 3 nitrogen and oxygen atoms in total. The third-order valence-corrected chi connectivity index (χ3v) is 3.18. The predicted octanol–water partition coefficient (Wildman–Crippen LogP) is 0.832. The molecule has 2 rings (SSSR count). The molecule has 1 saturated carbocycles. The van der Waals surface area contributed by atoms with Gasteiger partial charge in [-0.05, 0) is 19.3 Å². The maximum absolute atomic E-state index is 12.0. The Kier molecular flexibility index (Phi) is 2.89. The quantitative estimate of drug-likeness (QED) is 0.640. The second kappa shape index (κ2) is 4.15. The maximum Gasteiger partial charge on any atom is 0.110 e. The highest BCUT2D eigenvalue weighted by Gasteiger charge is 2.24. The summed E-state index contributed by atoms with van der Waals surface area (Å²) in [6.45, 7) is 0. The van der Waals surface area contributed by atoms with Crippen molar-refractivity contribution in [1.82, 2.24) is 0 Å². The van der Waals surface area contributed by atoms with Gasteiger partial charge in [0.05, 0.1) is 6.04 Å². The number of hydrogen-bond acceptors (Lipinski definition) is 2. The number of allylic oxidation sites excluding steroid dienone is 3. The Morgan fingerprint density at radius 1 is 1.36 bits per heavy atom. The summed E-state index contributed by atoms with van der Waals surface area (Å²) in [6.07, 6.45) is 10.3. The van der Waals surface area contributed by atoms with Crippen LogP contribution in [0.3, 0.4) is 0 Å². The molecule has 3 N–H and O–H groups in total. The largest absolute Gasteiger partial charge is 0.629 e. The molecular weight excluding hydrogens is 176 g/mol. The van der Waals surface area contributed by atoms with Crippen LogP contribution >= 0.6 is 0 Å². The van der Waals surface area contributed by atoms with E-state index in [0.717, 1.165) is 37.1 Å². The molecule has 0 amide bonds. The van der Waals surface area contributed by atoms with Crippen LogP contribution in [0.4, 0.5) is 0 Å². The summed E-state index contributed by atoms with van der Waals surface area (Å²) in [5.74, 6) is 0. The first-order chi connectivity index (χ1) is 6.77. The Morgan fingerprint density at radius 2 is 2.07 bits per heavy atom. The Hall–Kier alpha value is -0.800. The van der Waals surface area contributed by atoms with E-state index in [2.05, 4.69) is 0 Å². The van der Waals surface area contributed by atoms with E-state index in [-0.39, 0.29) is 0 Å². The fourth-order valence-electron chi connectivity index (χ4n) is 2.37. The van der Waals surface area contributed by atoms with E-state index in [9.17, 15) is 5.21 Å². The number of quaternary nitrogens is 1. The van der Waals surface area contributed by atoms with Crippen molar-refractivity contribution in [2.24, 2.45) is 5.73 Å². The summed E-state index contributed by atoms with van der Waals surface area (Å²) in [6, 6.07) is 0.298. The maximum atomic E-state index is 12.0. The van der Waals surface area contributed by atoms with Crippen molar-refractivity contribution in [1.29, 1.82) is 0 Å². The van der Waals surface area contributed by atoms with Gasteiger partial charge in [0.1, 0.15) is 5.70 Å². The summed E-state index contributed by atoms with van der Waals surface area (Å²) in [4.78, 5) is 0. The molecule has 0 aromatic heterocycles. The highest BCUT2D eigenvalue weighted by atomic mass is 16.5. The molecule has 0 spiro atoms. The Labute approximate surface area is 84.8 Å². The van der Waals surface area contributed by atoms with Gasteiger partial charge in [0.15, 0.2) is 0 Å². The van der Waals surface area contributed by atoms with E-state index < -0.39 is 0 Å². The number of hydrogen-bond donors (Lipinski definition) is 2. The van der Waals surface area contributed by atoms with E-state index in [0.29, 0.717) is 11.1 Å². The second-order valence-electron chi connectivity index (χ2n) is 4.26. The van der Waals surface area contributed by atoms with Crippen molar-refractivity contribution in [3.05, 3.63) is 28.8 Å². The molecule has 0 aliphatic heterocycles. The van der Waals surface area contributed by atoms with Crippen LogP contribution in [0.1, 0.15) is 38.5 Å². The van der Waals surface area contributed by atoms with Crippen LogP contribution in [0.25, 0.3) is 0 Å². The van der Waals surface area contributed by atoms with Gasteiger partial charge in [-0.1, -0.05) is 6.08 Å². The third-order valence-electron chi connectivity index (χ3n) is 3.18. The molecule has 1 fully saturated rings. The van der Waals surface area contributed by atoms with E-state index in [4.69, 9.17) is 5.73 Å². The Balaban J connectivity index is 2.03. The smallest absolute Gasteiger partial charge is 0.110 e. The van der Waals surface area contributed by atoms with Crippen molar-refractivity contribution in [3.63, 3.8) is 0 Å². The van der Waals surface area contributed by atoms with Gasteiger partial charge in [-0.3, -0.25) is 0 Å². The monoisotopic (exact) mass is 194 g/mol.